The number of hydrogen-bond donors (Lipinski definition) is 1. The third-order valence-corrected chi connectivity index (χ3v) is 6.37. The van der Waals surface area contributed by atoms with Gasteiger partial charge >= 0.3 is 0 Å². The molecule has 0 spiro atoms. The summed E-state index contributed by atoms with van der Waals surface area (Å²) in [6.07, 6.45) is 2.40. The maximum absolute atomic E-state index is 12.8. The lowest BCUT2D eigenvalue weighted by Gasteiger charge is -2.29. The van der Waals surface area contributed by atoms with Crippen LogP contribution in [0.3, 0.4) is 0 Å². The lowest BCUT2D eigenvalue weighted by atomic mass is 9.74. The molecule has 0 aliphatic heterocycles. The van der Waals surface area contributed by atoms with Crippen LogP contribution in [-0.2, 0) is 11.8 Å². The van der Waals surface area contributed by atoms with Crippen LogP contribution >= 0.6 is 0 Å². The van der Waals surface area contributed by atoms with Gasteiger partial charge in [-0.25, -0.2) is 0 Å². The number of Topliss-reactive ketones (excluding diaryl/α,β-unsaturated/α-hetero) is 1. The molecule has 1 N–H and O–H groups in total. The summed E-state index contributed by atoms with van der Waals surface area (Å²) in [5, 5.41) is 1.26. The highest BCUT2D eigenvalue weighted by Crippen LogP contribution is 2.46. The maximum atomic E-state index is 12.8. The molecule has 1 atom stereocenters. The second kappa shape index (κ2) is 6.49. The highest BCUT2D eigenvalue weighted by Gasteiger charge is 2.42. The van der Waals surface area contributed by atoms with Gasteiger partial charge in [0.25, 0.3) is 0 Å². The number of hydrogen-bond acceptors (Lipinski definition) is 1. The van der Waals surface area contributed by atoms with Gasteiger partial charge in [-0.1, -0.05) is 79.7 Å². The summed E-state index contributed by atoms with van der Waals surface area (Å²) in [6, 6.07) is 27.2. The van der Waals surface area contributed by atoms with Crippen LogP contribution in [-0.4, -0.2) is 10.8 Å². The number of aromatic amines is 1. The van der Waals surface area contributed by atoms with Crippen LogP contribution in [0.25, 0.3) is 22.2 Å². The summed E-state index contributed by atoms with van der Waals surface area (Å²) in [5.41, 5.74) is 6.82. The summed E-state index contributed by atoms with van der Waals surface area (Å²) in [7, 11) is 0. The van der Waals surface area contributed by atoms with E-state index in [1.165, 1.54) is 27.8 Å². The molecule has 0 saturated carbocycles. The van der Waals surface area contributed by atoms with Crippen molar-refractivity contribution < 1.29 is 4.79 Å². The SMILES string of the molecule is CCC1(Cc2c(-c3ccccc3)[nH]c3ccccc23)CC(=O)c2ccccc21. The Balaban J connectivity index is 1.71. The summed E-state index contributed by atoms with van der Waals surface area (Å²) in [5.74, 6) is 0.276. The lowest BCUT2D eigenvalue weighted by molar-refractivity contribution is 0.0972. The highest BCUT2D eigenvalue weighted by atomic mass is 16.1. The highest BCUT2D eigenvalue weighted by molar-refractivity contribution is 6.02. The standard InChI is InChI=1S/C26H23NO/c1-2-26(17-24(28)20-13-6-8-14-22(20)26)16-21-19-12-7-9-15-23(19)27-25(21)18-10-4-3-5-11-18/h3-15,27H,2,16-17H2,1H3. The normalized spacial score (nSPS) is 18.5. The smallest absolute Gasteiger partial charge is 0.164 e. The number of benzene rings is 3. The minimum atomic E-state index is -0.137. The Morgan fingerprint density at radius 1 is 0.893 bits per heavy atom. The van der Waals surface area contributed by atoms with Gasteiger partial charge in [0.2, 0.25) is 0 Å². The van der Waals surface area contributed by atoms with E-state index < -0.39 is 0 Å². The topological polar surface area (TPSA) is 32.9 Å². The third kappa shape index (κ3) is 2.52. The average Bonchev–Trinajstić information content (AvgIpc) is 3.25. The fraction of sp³-hybridized carbons (Fsp3) is 0.192. The first-order valence-electron chi connectivity index (χ1n) is 9.99. The maximum Gasteiger partial charge on any atom is 0.164 e. The molecule has 0 saturated heterocycles. The summed E-state index contributed by atoms with van der Waals surface area (Å²) >= 11 is 0. The van der Waals surface area contributed by atoms with Crippen LogP contribution in [0.1, 0.15) is 41.3 Å². The molecule has 5 rings (SSSR count). The number of carbonyl (C=O) groups excluding carboxylic acids is 1. The molecule has 138 valence electrons. The van der Waals surface area contributed by atoms with Gasteiger partial charge in [0.05, 0.1) is 0 Å². The molecule has 0 radical (unpaired) electrons. The largest absolute Gasteiger partial charge is 0.354 e. The predicted octanol–water partition coefficient (Wildman–Crippen LogP) is 6.31. The van der Waals surface area contributed by atoms with Crippen LogP contribution in [0.5, 0.6) is 0 Å². The van der Waals surface area contributed by atoms with Crippen molar-refractivity contribution in [2.24, 2.45) is 0 Å². The van der Waals surface area contributed by atoms with Crippen LogP contribution in [0.4, 0.5) is 0 Å². The zero-order valence-corrected chi connectivity index (χ0v) is 16.0. The number of para-hydroxylation sites is 1. The van der Waals surface area contributed by atoms with Crippen LogP contribution < -0.4 is 0 Å². The van der Waals surface area contributed by atoms with E-state index in [4.69, 9.17) is 0 Å². The van der Waals surface area contributed by atoms with Gasteiger partial charge in [-0.05, 0) is 35.6 Å². The van der Waals surface area contributed by atoms with Crippen molar-refractivity contribution in [1.82, 2.24) is 4.98 Å². The molecule has 28 heavy (non-hydrogen) atoms. The van der Waals surface area contributed by atoms with E-state index in [2.05, 4.69) is 72.6 Å². The van der Waals surface area contributed by atoms with Crippen molar-refractivity contribution in [2.75, 3.05) is 0 Å². The Bertz CT molecular complexity index is 1170. The Morgan fingerprint density at radius 2 is 1.61 bits per heavy atom. The molecule has 1 unspecified atom stereocenters. The molecule has 1 aromatic heterocycles. The monoisotopic (exact) mass is 365 g/mol. The Kier molecular flexibility index (Phi) is 3.94. The van der Waals surface area contributed by atoms with Crippen molar-refractivity contribution in [3.63, 3.8) is 0 Å². The number of fused-ring (bicyclic) bond motifs is 2. The Hall–Kier alpha value is -3.13. The van der Waals surface area contributed by atoms with Crippen molar-refractivity contribution in [3.8, 4) is 11.3 Å². The first-order valence-corrected chi connectivity index (χ1v) is 9.99. The molecule has 1 aliphatic carbocycles. The summed E-state index contributed by atoms with van der Waals surface area (Å²) in [4.78, 5) is 16.4. The first kappa shape index (κ1) is 17.0. The van der Waals surface area contributed by atoms with Gasteiger partial charge in [-0.2, -0.15) is 0 Å². The minimum absolute atomic E-state index is 0.137. The van der Waals surface area contributed by atoms with E-state index in [1.54, 1.807) is 0 Å². The molecule has 0 fully saturated rings. The average molecular weight is 365 g/mol. The molecule has 1 heterocycles. The predicted molar refractivity (Wildman–Crippen MR) is 115 cm³/mol. The third-order valence-electron chi connectivity index (χ3n) is 6.37. The van der Waals surface area contributed by atoms with Crippen molar-refractivity contribution >= 4 is 16.7 Å². The zero-order valence-electron chi connectivity index (χ0n) is 16.0. The molecule has 4 aromatic rings. The molecule has 3 aromatic carbocycles. The second-order valence-electron chi connectivity index (χ2n) is 7.85. The fourth-order valence-electron chi connectivity index (χ4n) is 4.86. The molecule has 0 bridgehead atoms. The van der Waals surface area contributed by atoms with Gasteiger partial charge in [0, 0.05) is 34.0 Å². The van der Waals surface area contributed by atoms with E-state index >= 15 is 0 Å². The molecular formula is C26H23NO. The second-order valence-corrected chi connectivity index (χ2v) is 7.85. The number of ketones is 1. The van der Waals surface area contributed by atoms with Gasteiger partial charge in [0.1, 0.15) is 0 Å². The van der Waals surface area contributed by atoms with E-state index in [1.807, 2.05) is 18.2 Å². The van der Waals surface area contributed by atoms with Gasteiger partial charge in [0.15, 0.2) is 5.78 Å². The quantitative estimate of drug-likeness (QED) is 0.451. The number of H-pyrrole nitrogens is 1. The lowest BCUT2D eigenvalue weighted by Crippen LogP contribution is -2.26. The molecule has 0 amide bonds. The molecule has 2 heteroatoms. The van der Waals surface area contributed by atoms with Crippen LogP contribution in [0, 0.1) is 0 Å². The number of nitrogens with one attached hydrogen (secondary N) is 1. The fourth-order valence-corrected chi connectivity index (χ4v) is 4.86. The van der Waals surface area contributed by atoms with Crippen molar-refractivity contribution in [1.29, 1.82) is 0 Å². The summed E-state index contributed by atoms with van der Waals surface area (Å²) < 4.78 is 0. The number of rotatable bonds is 4. The zero-order chi connectivity index (χ0) is 19.1. The van der Waals surface area contributed by atoms with Crippen molar-refractivity contribution in [2.45, 2.75) is 31.6 Å². The Labute approximate surface area is 165 Å². The Morgan fingerprint density at radius 3 is 2.43 bits per heavy atom. The summed E-state index contributed by atoms with van der Waals surface area (Å²) in [6.45, 7) is 2.21. The van der Waals surface area contributed by atoms with Gasteiger partial charge in [-0.15, -0.1) is 0 Å². The first-order chi connectivity index (χ1) is 13.7. The number of aromatic nitrogens is 1. The van der Waals surface area contributed by atoms with E-state index in [0.717, 1.165) is 23.9 Å². The van der Waals surface area contributed by atoms with Crippen LogP contribution in [0.2, 0.25) is 0 Å². The molecule has 1 aliphatic rings. The van der Waals surface area contributed by atoms with E-state index in [0.29, 0.717) is 6.42 Å². The van der Waals surface area contributed by atoms with E-state index in [9.17, 15) is 4.79 Å². The number of carbonyl (C=O) groups is 1. The van der Waals surface area contributed by atoms with Crippen molar-refractivity contribution in [3.05, 3.63) is 95.6 Å². The minimum Gasteiger partial charge on any atom is -0.354 e. The van der Waals surface area contributed by atoms with Gasteiger partial charge in [-0.3, -0.25) is 4.79 Å². The molecule has 2 nitrogen and oxygen atoms in total. The van der Waals surface area contributed by atoms with E-state index in [-0.39, 0.29) is 11.2 Å². The van der Waals surface area contributed by atoms with Gasteiger partial charge < -0.3 is 4.98 Å². The van der Waals surface area contributed by atoms with Crippen LogP contribution in [0.15, 0.2) is 78.9 Å². The molecular weight excluding hydrogens is 342 g/mol.